The molecule has 0 aliphatic heterocycles. The molecule has 6 heteroatoms. The van der Waals surface area contributed by atoms with E-state index in [0.29, 0.717) is 13.0 Å². The van der Waals surface area contributed by atoms with E-state index in [4.69, 9.17) is 9.16 Å². The first-order chi connectivity index (χ1) is 14.6. The van der Waals surface area contributed by atoms with Crippen LogP contribution in [0.3, 0.4) is 0 Å². The Bertz CT molecular complexity index is 807. The molecule has 0 radical (unpaired) electrons. The summed E-state index contributed by atoms with van der Waals surface area (Å²) in [5.41, 5.74) is 1.74. The monoisotopic (exact) mass is 441 g/mol. The van der Waals surface area contributed by atoms with Gasteiger partial charge >= 0.3 is 5.97 Å². The Morgan fingerprint density at radius 3 is 1.84 bits per heavy atom. The fourth-order valence-electron chi connectivity index (χ4n) is 3.08. The van der Waals surface area contributed by atoms with Crippen LogP contribution in [-0.2, 0) is 18.8 Å². The number of amides is 1. The van der Waals surface area contributed by atoms with Crippen molar-refractivity contribution >= 4 is 20.2 Å². The minimum absolute atomic E-state index is 0.0721. The number of carbonyl (C=O) groups is 2. The van der Waals surface area contributed by atoms with Gasteiger partial charge in [-0.2, -0.15) is 0 Å². The normalized spacial score (nSPS) is 13.0. The number of hydrogen-bond acceptors (Lipinski definition) is 4. The van der Waals surface area contributed by atoms with Crippen molar-refractivity contribution < 1.29 is 18.8 Å². The maximum atomic E-state index is 13.3. The molecule has 31 heavy (non-hydrogen) atoms. The summed E-state index contributed by atoms with van der Waals surface area (Å²) in [6.07, 6.45) is 0.362. The van der Waals surface area contributed by atoms with Gasteiger partial charge < -0.3 is 14.5 Å². The first-order valence-electron chi connectivity index (χ1n) is 10.7. The van der Waals surface area contributed by atoms with E-state index in [9.17, 15) is 9.59 Å². The second-order valence-corrected chi connectivity index (χ2v) is 14.0. The Morgan fingerprint density at radius 2 is 1.42 bits per heavy atom. The molecule has 0 fully saturated rings. The maximum Gasteiger partial charge on any atom is 0.328 e. The van der Waals surface area contributed by atoms with Gasteiger partial charge in [-0.1, -0.05) is 81.4 Å². The summed E-state index contributed by atoms with van der Waals surface area (Å²) < 4.78 is 11.2. The second kappa shape index (κ2) is 10.7. The van der Waals surface area contributed by atoms with Crippen molar-refractivity contribution in [2.45, 2.75) is 57.3 Å². The van der Waals surface area contributed by atoms with E-state index in [1.807, 2.05) is 60.7 Å². The minimum atomic E-state index is -1.95. The Labute approximate surface area is 187 Å². The van der Waals surface area contributed by atoms with E-state index in [0.717, 1.165) is 11.1 Å². The summed E-state index contributed by atoms with van der Waals surface area (Å²) in [6.45, 7) is 11.2. The first kappa shape index (κ1) is 24.8. The van der Waals surface area contributed by atoms with E-state index in [2.05, 4.69) is 39.2 Å². The molecule has 2 aromatic rings. The van der Waals surface area contributed by atoms with Gasteiger partial charge in [-0.25, -0.2) is 4.79 Å². The van der Waals surface area contributed by atoms with Gasteiger partial charge in [-0.3, -0.25) is 4.79 Å². The molecular weight excluding hydrogens is 406 g/mol. The Morgan fingerprint density at radius 1 is 0.935 bits per heavy atom. The van der Waals surface area contributed by atoms with Gasteiger partial charge in [0.25, 0.3) is 0 Å². The lowest BCUT2D eigenvalue weighted by Gasteiger charge is -2.36. The number of nitrogens with one attached hydrogen (secondary N) is 1. The molecule has 1 N–H and O–H groups in total. The Balaban J connectivity index is 2.18. The van der Waals surface area contributed by atoms with E-state index in [-0.39, 0.29) is 10.9 Å². The lowest BCUT2D eigenvalue weighted by molar-refractivity contribution is -0.145. The van der Waals surface area contributed by atoms with Crippen LogP contribution in [0.15, 0.2) is 60.7 Å². The molecule has 0 aliphatic carbocycles. The number of carbonyl (C=O) groups excluding carboxylic acids is 2. The largest absolute Gasteiger partial charge is 0.467 e. The minimum Gasteiger partial charge on any atom is -0.467 e. The molecule has 0 spiro atoms. The summed E-state index contributed by atoms with van der Waals surface area (Å²) in [4.78, 5) is 25.8. The molecule has 0 saturated heterocycles. The van der Waals surface area contributed by atoms with Crippen LogP contribution in [0, 0.1) is 0 Å². The fraction of sp³-hybridized carbons (Fsp3) is 0.440. The number of esters is 1. The third-order valence-electron chi connectivity index (χ3n) is 6.01. The van der Waals surface area contributed by atoms with Crippen LogP contribution >= 0.6 is 0 Å². The summed E-state index contributed by atoms with van der Waals surface area (Å²) in [5, 5.41) is 2.98. The summed E-state index contributed by atoms with van der Waals surface area (Å²) in [7, 11) is -0.613. The van der Waals surface area contributed by atoms with Crippen molar-refractivity contribution in [3.63, 3.8) is 0 Å². The van der Waals surface area contributed by atoms with Gasteiger partial charge in [0.15, 0.2) is 8.32 Å². The molecule has 168 valence electrons. The summed E-state index contributed by atoms with van der Waals surface area (Å²) >= 11 is 0. The number of rotatable bonds is 9. The van der Waals surface area contributed by atoms with Crippen molar-refractivity contribution in [2.75, 3.05) is 13.7 Å². The lowest BCUT2D eigenvalue weighted by Crippen LogP contribution is -2.46. The van der Waals surface area contributed by atoms with Gasteiger partial charge in [-0.05, 0) is 29.3 Å². The van der Waals surface area contributed by atoms with Crippen LogP contribution in [-0.4, -0.2) is 40.0 Å². The third kappa shape index (κ3) is 6.77. The van der Waals surface area contributed by atoms with Crippen molar-refractivity contribution in [1.29, 1.82) is 0 Å². The van der Waals surface area contributed by atoms with Crippen LogP contribution in [0.25, 0.3) is 0 Å². The molecule has 1 amide bonds. The maximum absolute atomic E-state index is 13.3. The molecule has 0 aromatic heterocycles. The SMILES string of the molecule is COC(=O)[C@@H](CCO[Si](C)(C)C(C)(C)C)NC(=O)C(c1ccccc1)c1ccccc1. The molecule has 5 nitrogen and oxygen atoms in total. The molecule has 0 aliphatic rings. The number of hydrogen-bond donors (Lipinski definition) is 1. The average molecular weight is 442 g/mol. The lowest BCUT2D eigenvalue weighted by atomic mass is 9.90. The highest BCUT2D eigenvalue weighted by Crippen LogP contribution is 2.36. The zero-order valence-electron chi connectivity index (χ0n) is 19.5. The van der Waals surface area contributed by atoms with Gasteiger partial charge in [-0.15, -0.1) is 0 Å². The first-order valence-corrected chi connectivity index (χ1v) is 13.6. The zero-order valence-corrected chi connectivity index (χ0v) is 20.5. The second-order valence-electron chi connectivity index (χ2n) is 9.24. The Kier molecular flexibility index (Phi) is 8.59. The quantitative estimate of drug-likeness (QED) is 0.445. The van der Waals surface area contributed by atoms with Crippen LogP contribution in [0.2, 0.25) is 18.1 Å². The van der Waals surface area contributed by atoms with E-state index < -0.39 is 26.2 Å². The molecule has 2 rings (SSSR count). The predicted molar refractivity (Wildman–Crippen MR) is 126 cm³/mol. The molecule has 0 saturated carbocycles. The van der Waals surface area contributed by atoms with Crippen molar-refractivity contribution in [3.05, 3.63) is 71.8 Å². The number of methoxy groups -OCH3 is 1. The van der Waals surface area contributed by atoms with Crippen LogP contribution in [0.5, 0.6) is 0 Å². The average Bonchev–Trinajstić information content (AvgIpc) is 2.73. The topological polar surface area (TPSA) is 64.6 Å². The van der Waals surface area contributed by atoms with E-state index in [1.165, 1.54) is 7.11 Å². The highest BCUT2D eigenvalue weighted by molar-refractivity contribution is 6.74. The van der Waals surface area contributed by atoms with Crippen molar-refractivity contribution in [2.24, 2.45) is 0 Å². The van der Waals surface area contributed by atoms with Crippen LogP contribution in [0.4, 0.5) is 0 Å². The molecule has 0 bridgehead atoms. The van der Waals surface area contributed by atoms with Gasteiger partial charge in [0, 0.05) is 13.0 Å². The third-order valence-corrected chi connectivity index (χ3v) is 10.5. The molecule has 0 heterocycles. The van der Waals surface area contributed by atoms with Gasteiger partial charge in [0.1, 0.15) is 6.04 Å². The van der Waals surface area contributed by atoms with Crippen LogP contribution < -0.4 is 5.32 Å². The van der Waals surface area contributed by atoms with E-state index >= 15 is 0 Å². The highest BCUT2D eigenvalue weighted by atomic mass is 28.4. The Hall–Kier alpha value is -2.44. The number of benzene rings is 2. The predicted octanol–water partition coefficient (Wildman–Crippen LogP) is 4.89. The smallest absolute Gasteiger partial charge is 0.328 e. The summed E-state index contributed by atoms with van der Waals surface area (Å²) in [6, 6.07) is 18.4. The van der Waals surface area contributed by atoms with Crippen molar-refractivity contribution in [1.82, 2.24) is 5.32 Å². The molecule has 2 aromatic carbocycles. The standard InChI is InChI=1S/C25H35NO4Si/c1-25(2,3)31(5,6)30-18-17-21(24(28)29-4)26-23(27)22(19-13-9-7-10-14-19)20-15-11-8-12-16-20/h7-16,21-22H,17-18H2,1-6H3,(H,26,27)/t21-/m1/s1. The van der Waals surface area contributed by atoms with Gasteiger partial charge in [0.05, 0.1) is 13.0 Å². The van der Waals surface area contributed by atoms with E-state index in [1.54, 1.807) is 0 Å². The van der Waals surface area contributed by atoms with Crippen LogP contribution in [0.1, 0.15) is 44.2 Å². The van der Waals surface area contributed by atoms with Gasteiger partial charge in [0.2, 0.25) is 5.91 Å². The zero-order chi connectivity index (χ0) is 23.1. The molecule has 1 atom stereocenters. The molecular formula is C25H35NO4Si. The molecule has 0 unspecified atom stereocenters. The fourth-order valence-corrected chi connectivity index (χ4v) is 4.14. The summed E-state index contributed by atoms with van der Waals surface area (Å²) in [5.74, 6) is -1.22. The highest BCUT2D eigenvalue weighted by Gasteiger charge is 2.37. The van der Waals surface area contributed by atoms with Crippen molar-refractivity contribution in [3.8, 4) is 0 Å². The number of ether oxygens (including phenoxy) is 1.